The SMILES string of the molecule is NC(=O)c1ccccc1OCOCc1ccc(Cl)cc1. The molecule has 0 aliphatic carbocycles. The number of amides is 1. The minimum Gasteiger partial charge on any atom is -0.467 e. The molecule has 2 aromatic carbocycles. The number of primary amides is 1. The highest BCUT2D eigenvalue weighted by Gasteiger charge is 2.07. The first-order chi connectivity index (χ1) is 9.66. The van der Waals surface area contributed by atoms with Gasteiger partial charge in [0.1, 0.15) is 5.75 Å². The van der Waals surface area contributed by atoms with E-state index in [1.54, 1.807) is 36.4 Å². The average Bonchev–Trinajstić information content (AvgIpc) is 2.46. The number of carbonyl (C=O) groups excluding carboxylic acids is 1. The van der Waals surface area contributed by atoms with Gasteiger partial charge in [-0.25, -0.2) is 0 Å². The molecule has 20 heavy (non-hydrogen) atoms. The van der Waals surface area contributed by atoms with E-state index in [1.807, 2.05) is 12.1 Å². The number of ether oxygens (including phenoxy) is 2. The highest BCUT2D eigenvalue weighted by molar-refractivity contribution is 6.30. The third-order valence-electron chi connectivity index (χ3n) is 2.63. The molecule has 0 aromatic heterocycles. The fourth-order valence-electron chi connectivity index (χ4n) is 1.64. The van der Waals surface area contributed by atoms with Crippen molar-refractivity contribution < 1.29 is 14.3 Å². The van der Waals surface area contributed by atoms with E-state index in [0.29, 0.717) is 22.9 Å². The minimum atomic E-state index is -0.529. The summed E-state index contributed by atoms with van der Waals surface area (Å²) in [6.07, 6.45) is 0. The van der Waals surface area contributed by atoms with Crippen molar-refractivity contribution in [2.75, 3.05) is 6.79 Å². The molecule has 0 fully saturated rings. The van der Waals surface area contributed by atoms with Gasteiger partial charge in [0.25, 0.3) is 5.91 Å². The van der Waals surface area contributed by atoms with Crippen molar-refractivity contribution in [1.29, 1.82) is 0 Å². The molecule has 2 aromatic rings. The topological polar surface area (TPSA) is 61.6 Å². The molecule has 104 valence electrons. The van der Waals surface area contributed by atoms with Crippen LogP contribution in [-0.4, -0.2) is 12.7 Å². The van der Waals surface area contributed by atoms with Gasteiger partial charge in [-0.15, -0.1) is 0 Å². The van der Waals surface area contributed by atoms with E-state index in [-0.39, 0.29) is 6.79 Å². The molecule has 0 radical (unpaired) electrons. The molecular weight excluding hydrogens is 278 g/mol. The highest BCUT2D eigenvalue weighted by Crippen LogP contribution is 2.17. The van der Waals surface area contributed by atoms with E-state index in [1.165, 1.54) is 0 Å². The van der Waals surface area contributed by atoms with Crippen molar-refractivity contribution >= 4 is 17.5 Å². The first-order valence-electron chi connectivity index (χ1n) is 6.00. The summed E-state index contributed by atoms with van der Waals surface area (Å²) in [7, 11) is 0. The van der Waals surface area contributed by atoms with E-state index in [0.717, 1.165) is 5.56 Å². The van der Waals surface area contributed by atoms with Crippen molar-refractivity contribution in [1.82, 2.24) is 0 Å². The van der Waals surface area contributed by atoms with E-state index in [2.05, 4.69) is 0 Å². The van der Waals surface area contributed by atoms with Gasteiger partial charge in [-0.05, 0) is 29.8 Å². The smallest absolute Gasteiger partial charge is 0.252 e. The van der Waals surface area contributed by atoms with Gasteiger partial charge in [0, 0.05) is 5.02 Å². The second-order valence-corrected chi connectivity index (χ2v) is 4.53. The molecule has 0 atom stereocenters. The zero-order valence-corrected chi connectivity index (χ0v) is 11.5. The third kappa shape index (κ3) is 3.98. The van der Waals surface area contributed by atoms with Crippen molar-refractivity contribution in [3.63, 3.8) is 0 Å². The minimum absolute atomic E-state index is 0.0346. The van der Waals surface area contributed by atoms with Gasteiger partial charge >= 0.3 is 0 Å². The number of rotatable bonds is 6. The Morgan fingerprint density at radius 1 is 1.10 bits per heavy atom. The fraction of sp³-hybridized carbons (Fsp3) is 0.133. The molecule has 0 aliphatic rings. The zero-order chi connectivity index (χ0) is 14.4. The van der Waals surface area contributed by atoms with Gasteiger partial charge in [0.05, 0.1) is 12.2 Å². The summed E-state index contributed by atoms with van der Waals surface area (Å²) >= 11 is 5.79. The van der Waals surface area contributed by atoms with Crippen LogP contribution in [0, 0.1) is 0 Å². The lowest BCUT2D eigenvalue weighted by Gasteiger charge is -2.09. The van der Waals surface area contributed by atoms with Gasteiger partial charge in [0.2, 0.25) is 0 Å². The summed E-state index contributed by atoms with van der Waals surface area (Å²) in [6, 6.07) is 14.1. The molecule has 0 saturated carbocycles. The number of carbonyl (C=O) groups is 1. The Balaban J connectivity index is 1.84. The Hall–Kier alpha value is -2.04. The van der Waals surface area contributed by atoms with Gasteiger partial charge in [0.15, 0.2) is 6.79 Å². The Kier molecular flexibility index (Phi) is 4.98. The number of benzene rings is 2. The van der Waals surface area contributed by atoms with Crippen LogP contribution in [0.25, 0.3) is 0 Å². The summed E-state index contributed by atoms with van der Waals surface area (Å²) in [4.78, 5) is 11.2. The number of hydrogen-bond donors (Lipinski definition) is 1. The zero-order valence-electron chi connectivity index (χ0n) is 10.7. The maximum absolute atomic E-state index is 11.2. The molecule has 0 aliphatic heterocycles. The van der Waals surface area contributed by atoms with Crippen molar-refractivity contribution in [2.45, 2.75) is 6.61 Å². The summed E-state index contributed by atoms with van der Waals surface area (Å²) in [5, 5.41) is 0.681. The van der Waals surface area contributed by atoms with Crippen LogP contribution in [0.5, 0.6) is 5.75 Å². The van der Waals surface area contributed by atoms with E-state index >= 15 is 0 Å². The normalized spacial score (nSPS) is 10.2. The molecule has 2 rings (SSSR count). The Bertz CT molecular complexity index is 584. The monoisotopic (exact) mass is 291 g/mol. The van der Waals surface area contributed by atoms with Crippen LogP contribution < -0.4 is 10.5 Å². The molecule has 2 N–H and O–H groups in total. The molecule has 5 heteroatoms. The van der Waals surface area contributed by atoms with Crippen LogP contribution in [-0.2, 0) is 11.3 Å². The number of nitrogens with two attached hydrogens (primary N) is 1. The molecule has 0 spiro atoms. The summed E-state index contributed by atoms with van der Waals surface area (Å²) in [5.41, 5.74) is 6.57. The molecule has 0 saturated heterocycles. The van der Waals surface area contributed by atoms with E-state index in [4.69, 9.17) is 26.8 Å². The third-order valence-corrected chi connectivity index (χ3v) is 2.88. The first kappa shape index (κ1) is 14.4. The molecule has 4 nitrogen and oxygen atoms in total. The van der Waals surface area contributed by atoms with Crippen LogP contribution in [0.15, 0.2) is 48.5 Å². The molecular formula is C15H14ClNO3. The first-order valence-corrected chi connectivity index (χ1v) is 6.38. The molecule has 0 bridgehead atoms. The standard InChI is InChI=1S/C15H14ClNO3/c16-12-7-5-11(6-8-12)9-19-10-20-14-4-2-1-3-13(14)15(17)18/h1-8H,9-10H2,(H2,17,18). The molecule has 1 amide bonds. The number of hydrogen-bond acceptors (Lipinski definition) is 3. The lowest BCUT2D eigenvalue weighted by molar-refractivity contribution is 0.00468. The predicted octanol–water partition coefficient (Wildman–Crippen LogP) is 2.99. The fourth-order valence-corrected chi connectivity index (χ4v) is 1.77. The predicted molar refractivity (Wildman–Crippen MR) is 76.7 cm³/mol. The second-order valence-electron chi connectivity index (χ2n) is 4.10. The van der Waals surface area contributed by atoms with E-state index < -0.39 is 5.91 Å². The van der Waals surface area contributed by atoms with Crippen LogP contribution in [0.2, 0.25) is 5.02 Å². The number of para-hydroxylation sites is 1. The van der Waals surface area contributed by atoms with Crippen molar-refractivity contribution in [2.24, 2.45) is 5.73 Å². The van der Waals surface area contributed by atoms with Crippen LogP contribution in [0.3, 0.4) is 0 Å². The second kappa shape index (κ2) is 6.93. The van der Waals surface area contributed by atoms with Crippen LogP contribution >= 0.6 is 11.6 Å². The quantitative estimate of drug-likeness (QED) is 0.657. The maximum Gasteiger partial charge on any atom is 0.252 e. The summed E-state index contributed by atoms with van der Waals surface area (Å²) < 4.78 is 10.8. The summed E-state index contributed by atoms with van der Waals surface area (Å²) in [6.45, 7) is 0.433. The van der Waals surface area contributed by atoms with Crippen LogP contribution in [0.1, 0.15) is 15.9 Å². The van der Waals surface area contributed by atoms with Gasteiger partial charge in [-0.3, -0.25) is 4.79 Å². The lowest BCUT2D eigenvalue weighted by Crippen LogP contribution is -2.13. The van der Waals surface area contributed by atoms with Gasteiger partial charge in [-0.1, -0.05) is 35.9 Å². The largest absolute Gasteiger partial charge is 0.467 e. The van der Waals surface area contributed by atoms with Crippen molar-refractivity contribution in [3.8, 4) is 5.75 Å². The Morgan fingerprint density at radius 3 is 2.50 bits per heavy atom. The molecule has 0 heterocycles. The maximum atomic E-state index is 11.2. The van der Waals surface area contributed by atoms with Crippen molar-refractivity contribution in [3.05, 3.63) is 64.7 Å². The summed E-state index contributed by atoms with van der Waals surface area (Å²) in [5.74, 6) is -0.116. The lowest BCUT2D eigenvalue weighted by atomic mass is 10.2. The Labute approximate surface area is 122 Å². The van der Waals surface area contributed by atoms with Gasteiger partial charge < -0.3 is 15.2 Å². The Morgan fingerprint density at radius 2 is 1.80 bits per heavy atom. The highest BCUT2D eigenvalue weighted by atomic mass is 35.5. The van der Waals surface area contributed by atoms with Gasteiger partial charge in [-0.2, -0.15) is 0 Å². The number of halogens is 1. The average molecular weight is 292 g/mol. The van der Waals surface area contributed by atoms with E-state index in [9.17, 15) is 4.79 Å². The molecule has 0 unspecified atom stereocenters. The van der Waals surface area contributed by atoms with Crippen LogP contribution in [0.4, 0.5) is 0 Å².